The molecule has 0 aromatic heterocycles. The second-order valence-electron chi connectivity index (χ2n) is 31.3. The molecule has 7 nitrogen and oxygen atoms in total. The van der Waals surface area contributed by atoms with E-state index in [0.29, 0.717) is 0 Å². The van der Waals surface area contributed by atoms with E-state index in [9.17, 15) is 0 Å². The summed E-state index contributed by atoms with van der Waals surface area (Å²) in [5.41, 5.74) is 43.3. The van der Waals surface area contributed by atoms with Gasteiger partial charge in [0.25, 0.3) is 0 Å². The highest BCUT2D eigenvalue weighted by Crippen LogP contribution is 2.43. The first-order valence-corrected chi connectivity index (χ1v) is 45.1. The average Bonchev–Trinajstić information content (AvgIpc) is 0.786. The van der Waals surface area contributed by atoms with E-state index in [1.807, 2.05) is 91.9 Å². The predicted molar refractivity (Wildman–Crippen MR) is 549 cm³/mol. The molecule has 16 aromatic carbocycles. The highest BCUT2D eigenvalue weighted by Gasteiger charge is 2.22. The van der Waals surface area contributed by atoms with Crippen LogP contribution in [0.1, 0.15) is 83.5 Å². The molecule has 16 aromatic rings. The monoisotopic (exact) mass is 1880 g/mol. The molecule has 0 saturated carbocycles. The molecule has 0 bridgehead atoms. The van der Waals surface area contributed by atoms with Crippen molar-refractivity contribution in [3.63, 3.8) is 0 Å². The molecule has 0 radical (unpaired) electrons. The van der Waals surface area contributed by atoms with Crippen molar-refractivity contribution < 1.29 is 0 Å². The smallest absolute Gasteiger partial charge is 0.0464 e. The highest BCUT2D eigenvalue weighted by atomic mass is 79.9. The van der Waals surface area contributed by atoms with Gasteiger partial charge < -0.3 is 36.4 Å². The largest absolute Gasteiger partial charge is 0.399 e. The summed E-state index contributed by atoms with van der Waals surface area (Å²) >= 11 is 13.4. The third-order valence-corrected chi connectivity index (χ3v) is 23.8. The van der Waals surface area contributed by atoms with Crippen LogP contribution in [0.2, 0.25) is 0 Å². The summed E-state index contributed by atoms with van der Waals surface area (Å²) in [6.45, 7) is 22.3. The van der Waals surface area contributed by atoms with Crippen molar-refractivity contribution in [1.82, 2.24) is 0 Å². The van der Waals surface area contributed by atoms with Crippen molar-refractivity contribution >= 4 is 167 Å². The van der Waals surface area contributed by atoms with Gasteiger partial charge >= 0.3 is 0 Å². The lowest BCUT2D eigenvalue weighted by Gasteiger charge is -2.30. The number of halogens is 4. The van der Waals surface area contributed by atoms with Gasteiger partial charge in [0.05, 0.1) is 0 Å². The highest BCUT2D eigenvalue weighted by molar-refractivity contribution is 9.11. The standard InChI is InChI=1S/C36H32N2.C28H26N2.C20H20N2.2C8H7Br.C7H9N.C6H4Br2/c1-4-28-9-18-33(19-10-28)37(31-14-5-26(2)6-15-31)34-21-23-35(24-22-34)38(32-16-7-27(3)8-17-32)36-20-13-29-11-12-30(29)25-36;1-20-3-10-24(11-4-20)29-25-12-17-27(18-13-25)30(26-14-5-21(2)6-15-26)28-16-9-22-7-8-23(22)19-28;1-15-3-7-17(8-4-15)21-19-11-13-20(14-12-19)22-18-9-5-16(2)6-10-18;9-8-4-3-6-1-2-7(6)5-8;1-2-7-3-5-8(9)6-4-7;1-6-2-4-7(8)5-3-6;7-5-1-2-6(8)4-3-5/h4-10,13-25H,1,11-12H2,2-3H3;3-6,9-19,29H,7-8H2,1-2H3;3-14,21-22H,1-2H3;3-5H,1-2H2;2-6H,1H2;2-5H,8H2,1H3;1-4H. The molecule has 0 unspecified atom stereocenters. The van der Waals surface area contributed by atoms with Crippen molar-refractivity contribution in [3.05, 3.63) is 485 Å². The van der Waals surface area contributed by atoms with Gasteiger partial charge in [-0.15, -0.1) is 0 Å². The van der Waals surface area contributed by atoms with Gasteiger partial charge in [0.2, 0.25) is 0 Å². The molecule has 0 aliphatic heterocycles. The molecule has 0 spiro atoms. The molecule has 124 heavy (non-hydrogen) atoms. The fourth-order valence-corrected chi connectivity index (χ4v) is 15.3. The molecule has 3 aliphatic carbocycles. The Balaban J connectivity index is 0.000000136. The molecule has 3 aliphatic rings. The minimum Gasteiger partial charge on any atom is -0.399 e. The van der Waals surface area contributed by atoms with Crippen LogP contribution in [0.5, 0.6) is 0 Å². The van der Waals surface area contributed by atoms with Gasteiger partial charge in [-0.1, -0.05) is 255 Å². The topological polar surface area (TPSA) is 71.8 Å². The van der Waals surface area contributed by atoms with Gasteiger partial charge in [-0.05, 0) is 374 Å². The van der Waals surface area contributed by atoms with Crippen molar-refractivity contribution in [2.24, 2.45) is 0 Å². The number of hydrogen-bond acceptors (Lipinski definition) is 7. The van der Waals surface area contributed by atoms with Crippen LogP contribution in [-0.4, -0.2) is 0 Å². The summed E-state index contributed by atoms with van der Waals surface area (Å²) in [4.78, 5) is 7.00. The summed E-state index contributed by atoms with van der Waals surface area (Å²) in [7, 11) is 0. The average molecular weight is 1880 g/mol. The molecule has 19 rings (SSSR count). The van der Waals surface area contributed by atoms with Gasteiger partial charge in [-0.25, -0.2) is 0 Å². The van der Waals surface area contributed by atoms with Crippen LogP contribution in [0.3, 0.4) is 0 Å². The zero-order chi connectivity index (χ0) is 86.9. The number of aryl methyl sites for hydroxylation is 13. The minimum atomic E-state index is 0.829. The lowest BCUT2D eigenvalue weighted by atomic mass is 9.88. The predicted octanol–water partition coefficient (Wildman–Crippen LogP) is 33.8. The lowest BCUT2D eigenvalue weighted by molar-refractivity contribution is 0.838. The molecule has 0 fully saturated rings. The number of rotatable bonds is 17. The zero-order valence-corrected chi connectivity index (χ0v) is 77.8. The van der Waals surface area contributed by atoms with Crippen molar-refractivity contribution in [1.29, 1.82) is 0 Å². The van der Waals surface area contributed by atoms with Crippen molar-refractivity contribution in [2.75, 3.05) is 36.4 Å². The van der Waals surface area contributed by atoms with E-state index >= 15 is 0 Å². The fraction of sp³-hybridized carbons (Fsp3) is 0.115. The van der Waals surface area contributed by atoms with Gasteiger partial charge in [0, 0.05) is 109 Å². The second-order valence-corrected chi connectivity index (χ2v) is 35.0. The van der Waals surface area contributed by atoms with E-state index in [1.165, 1.54) is 132 Å². The molecule has 620 valence electrons. The maximum Gasteiger partial charge on any atom is 0.0464 e. The van der Waals surface area contributed by atoms with Gasteiger partial charge in [0.1, 0.15) is 0 Å². The van der Waals surface area contributed by atoms with Gasteiger partial charge in [0.15, 0.2) is 0 Å². The molecule has 5 N–H and O–H groups in total. The fourth-order valence-electron chi connectivity index (χ4n) is 14.1. The summed E-state index contributed by atoms with van der Waals surface area (Å²) in [6.07, 6.45) is 11.0. The van der Waals surface area contributed by atoms with Crippen LogP contribution in [0, 0.1) is 48.5 Å². The SMILES string of the molecule is Brc1ccc(Br)cc1.Brc1ccc2c(c1)CC2.C=Cc1ccc(Br)cc1.C=Cc1ccc(N(c2ccc(C)cc2)c2ccc(N(c3ccc(C)cc3)c3ccc4c(c3)CC4)cc2)cc1.Cc1ccc(N)cc1.Cc1ccc(Nc2ccc(N(c3ccc(C)cc3)c3ccc4c(c3)CC4)cc2)cc1.Cc1ccc(Nc2ccc(Nc3ccc(C)cc3)cc2)cc1. The Kier molecular flexibility index (Phi) is 31.7. The Morgan fingerprint density at radius 2 is 0.403 bits per heavy atom. The van der Waals surface area contributed by atoms with Gasteiger partial charge in [-0.3, -0.25) is 0 Å². The minimum absolute atomic E-state index is 0.829. The Bertz CT molecular complexity index is 5950. The maximum atomic E-state index is 5.43. The molecule has 0 amide bonds. The third kappa shape index (κ3) is 25.8. The number of anilines is 16. The van der Waals surface area contributed by atoms with Crippen LogP contribution in [0.15, 0.2) is 401 Å². The first-order valence-electron chi connectivity index (χ1n) is 42.0. The van der Waals surface area contributed by atoms with Crippen LogP contribution >= 0.6 is 63.7 Å². The molecular formula is C113H105Br4N7. The summed E-state index contributed by atoms with van der Waals surface area (Å²) in [5, 5.41) is 10.3. The second kappa shape index (κ2) is 44.0. The number of fused-ring (bicyclic) bond motifs is 3. The van der Waals surface area contributed by atoms with Crippen LogP contribution in [0.25, 0.3) is 12.2 Å². The number of nitrogens with one attached hydrogen (secondary N) is 3. The Morgan fingerprint density at radius 1 is 0.218 bits per heavy atom. The van der Waals surface area contributed by atoms with Gasteiger partial charge in [-0.2, -0.15) is 0 Å². The third-order valence-electron chi connectivity index (χ3n) is 21.7. The van der Waals surface area contributed by atoms with E-state index in [1.54, 1.807) is 0 Å². The number of hydrogen-bond donors (Lipinski definition) is 4. The molecular weight excluding hydrogens is 1770 g/mol. The van der Waals surface area contributed by atoms with E-state index < -0.39 is 0 Å². The summed E-state index contributed by atoms with van der Waals surface area (Å²) in [6, 6.07) is 130. The summed E-state index contributed by atoms with van der Waals surface area (Å²) in [5.74, 6) is 0. The maximum absolute atomic E-state index is 5.43. The Morgan fingerprint density at radius 3 is 0.653 bits per heavy atom. The lowest BCUT2D eigenvalue weighted by Crippen LogP contribution is -2.14. The van der Waals surface area contributed by atoms with E-state index in [4.69, 9.17) is 5.73 Å². The van der Waals surface area contributed by atoms with Crippen LogP contribution in [0.4, 0.5) is 91.0 Å². The summed E-state index contributed by atoms with van der Waals surface area (Å²) < 4.78 is 4.54. The Labute approximate surface area is 768 Å². The molecule has 0 atom stereocenters. The first kappa shape index (κ1) is 89.3. The number of nitrogens with zero attached hydrogens (tertiary/aromatic N) is 3. The first-order chi connectivity index (χ1) is 60.2. The van der Waals surface area contributed by atoms with E-state index in [0.717, 1.165) is 98.5 Å². The van der Waals surface area contributed by atoms with E-state index in [2.05, 4.69) is 446 Å². The van der Waals surface area contributed by atoms with Crippen LogP contribution in [-0.2, 0) is 38.5 Å². The quantitative estimate of drug-likeness (QED) is 0.0677. The number of nitrogen functional groups attached to an aromatic ring is 1. The normalized spacial score (nSPS) is 11.2. The van der Waals surface area contributed by atoms with E-state index in [-0.39, 0.29) is 0 Å². The van der Waals surface area contributed by atoms with Crippen molar-refractivity contribution in [3.8, 4) is 0 Å². The Hall–Kier alpha value is -12.5. The molecule has 0 heterocycles. The van der Waals surface area contributed by atoms with Crippen LogP contribution < -0.4 is 36.4 Å². The van der Waals surface area contributed by atoms with Crippen molar-refractivity contribution in [2.45, 2.75) is 87.0 Å². The molecule has 0 saturated heterocycles. The zero-order valence-electron chi connectivity index (χ0n) is 71.5. The number of benzene rings is 16. The molecule has 11 heteroatoms. The number of nitrogens with two attached hydrogens (primary N) is 1.